The fraction of sp³-hybridized carbons (Fsp3) is 0.300. The minimum atomic E-state index is -0.637. The lowest BCUT2D eigenvalue weighted by Gasteiger charge is -2.07. The van der Waals surface area contributed by atoms with Gasteiger partial charge in [0, 0.05) is 12.3 Å². The summed E-state index contributed by atoms with van der Waals surface area (Å²) in [4.78, 5) is 26.4. The number of anilines is 1. The van der Waals surface area contributed by atoms with Crippen molar-refractivity contribution in [3.8, 4) is 0 Å². The summed E-state index contributed by atoms with van der Waals surface area (Å²) in [7, 11) is 0. The van der Waals surface area contributed by atoms with E-state index in [1.165, 1.54) is 18.3 Å². The van der Waals surface area contributed by atoms with E-state index in [4.69, 9.17) is 5.73 Å². The quantitative estimate of drug-likeness (QED) is 0.597. The Kier molecular flexibility index (Phi) is 4.33. The second-order valence-electron chi connectivity index (χ2n) is 3.21. The molecule has 86 valence electrons. The molecule has 0 saturated carbocycles. The van der Waals surface area contributed by atoms with Crippen LogP contribution in [-0.2, 0) is 4.79 Å². The van der Waals surface area contributed by atoms with Crippen LogP contribution in [0.15, 0.2) is 18.0 Å². The number of aromatic nitrogens is 1. The molecule has 0 saturated heterocycles. The fourth-order valence-electron chi connectivity index (χ4n) is 0.978. The van der Waals surface area contributed by atoms with Crippen molar-refractivity contribution in [2.24, 2.45) is 5.73 Å². The standard InChI is InChI=1S/C10H13N3O2S/c1-3-4-7(11)9(15)13-10-12-8(5-16-10)6(2)14/h3,5,7H,1,4,11H2,2H3,(H,12,13,15). The maximum Gasteiger partial charge on any atom is 0.243 e. The zero-order chi connectivity index (χ0) is 12.1. The van der Waals surface area contributed by atoms with Crippen molar-refractivity contribution in [1.82, 2.24) is 4.98 Å². The lowest BCUT2D eigenvalue weighted by atomic mass is 10.2. The van der Waals surface area contributed by atoms with Crippen LogP contribution in [0, 0.1) is 0 Å². The van der Waals surface area contributed by atoms with Gasteiger partial charge in [0.2, 0.25) is 5.91 Å². The number of Topliss-reactive ketones (excluding diaryl/α,β-unsaturated/α-hetero) is 1. The monoisotopic (exact) mass is 239 g/mol. The van der Waals surface area contributed by atoms with Crippen LogP contribution in [0.5, 0.6) is 0 Å². The molecule has 0 aliphatic rings. The van der Waals surface area contributed by atoms with Crippen molar-refractivity contribution in [2.45, 2.75) is 19.4 Å². The van der Waals surface area contributed by atoms with Crippen molar-refractivity contribution in [3.05, 3.63) is 23.7 Å². The van der Waals surface area contributed by atoms with Gasteiger partial charge in [-0.15, -0.1) is 17.9 Å². The molecule has 1 heterocycles. The average molecular weight is 239 g/mol. The highest BCUT2D eigenvalue weighted by molar-refractivity contribution is 7.14. The van der Waals surface area contributed by atoms with Gasteiger partial charge in [-0.2, -0.15) is 0 Å². The molecule has 1 unspecified atom stereocenters. The molecule has 5 nitrogen and oxygen atoms in total. The SMILES string of the molecule is C=CCC(N)C(=O)Nc1nc(C(C)=O)cs1. The predicted molar refractivity (Wildman–Crippen MR) is 63.5 cm³/mol. The lowest BCUT2D eigenvalue weighted by molar-refractivity contribution is -0.117. The van der Waals surface area contributed by atoms with E-state index in [0.29, 0.717) is 17.2 Å². The molecule has 0 spiro atoms. The Hall–Kier alpha value is -1.53. The number of rotatable bonds is 5. The van der Waals surface area contributed by atoms with Gasteiger partial charge in [0.05, 0.1) is 6.04 Å². The predicted octanol–water partition coefficient (Wildman–Crippen LogP) is 1.19. The molecule has 0 aliphatic heterocycles. The number of amides is 1. The molecule has 3 N–H and O–H groups in total. The zero-order valence-corrected chi connectivity index (χ0v) is 9.71. The van der Waals surface area contributed by atoms with Crippen LogP contribution in [-0.4, -0.2) is 22.7 Å². The lowest BCUT2D eigenvalue weighted by Crippen LogP contribution is -2.35. The molecule has 1 amide bonds. The maximum atomic E-state index is 11.5. The Balaban J connectivity index is 2.62. The van der Waals surface area contributed by atoms with Crippen LogP contribution in [0.4, 0.5) is 5.13 Å². The zero-order valence-electron chi connectivity index (χ0n) is 8.90. The van der Waals surface area contributed by atoms with Crippen molar-refractivity contribution in [1.29, 1.82) is 0 Å². The third kappa shape index (κ3) is 3.25. The van der Waals surface area contributed by atoms with E-state index in [1.807, 2.05) is 0 Å². The summed E-state index contributed by atoms with van der Waals surface area (Å²) in [5.74, 6) is -0.462. The normalized spacial score (nSPS) is 11.9. The van der Waals surface area contributed by atoms with Gasteiger partial charge in [-0.25, -0.2) is 4.98 Å². The Labute approximate surface area is 97.4 Å². The molecule has 16 heavy (non-hydrogen) atoms. The third-order valence-corrected chi connectivity index (χ3v) is 2.61. The van der Waals surface area contributed by atoms with Crippen LogP contribution in [0.1, 0.15) is 23.8 Å². The van der Waals surface area contributed by atoms with Gasteiger partial charge in [-0.3, -0.25) is 9.59 Å². The number of carbonyl (C=O) groups excluding carboxylic acids is 2. The molecular weight excluding hydrogens is 226 g/mol. The molecular formula is C10H13N3O2S. The summed E-state index contributed by atoms with van der Waals surface area (Å²) in [6.07, 6.45) is 1.98. The fourth-order valence-corrected chi connectivity index (χ4v) is 1.73. The van der Waals surface area contributed by atoms with Crippen molar-refractivity contribution >= 4 is 28.2 Å². The first-order chi connectivity index (χ1) is 7.54. The highest BCUT2D eigenvalue weighted by atomic mass is 32.1. The van der Waals surface area contributed by atoms with E-state index in [-0.39, 0.29) is 11.7 Å². The number of thiazole rings is 1. The number of hydrogen-bond acceptors (Lipinski definition) is 5. The van der Waals surface area contributed by atoms with Crippen LogP contribution in [0.2, 0.25) is 0 Å². The molecule has 1 rings (SSSR count). The Morgan fingerprint density at radius 1 is 1.75 bits per heavy atom. The Morgan fingerprint density at radius 3 is 2.94 bits per heavy atom. The minimum absolute atomic E-state index is 0.132. The molecule has 1 atom stereocenters. The third-order valence-electron chi connectivity index (χ3n) is 1.85. The summed E-state index contributed by atoms with van der Waals surface area (Å²) in [5.41, 5.74) is 5.91. The summed E-state index contributed by atoms with van der Waals surface area (Å²) in [6, 6.07) is -0.637. The number of nitrogens with two attached hydrogens (primary N) is 1. The van der Waals surface area contributed by atoms with E-state index in [9.17, 15) is 9.59 Å². The second-order valence-corrected chi connectivity index (χ2v) is 4.07. The molecule has 0 bridgehead atoms. The van der Waals surface area contributed by atoms with Crippen LogP contribution >= 0.6 is 11.3 Å². The number of carbonyl (C=O) groups is 2. The largest absolute Gasteiger partial charge is 0.320 e. The molecule has 0 fully saturated rings. The van der Waals surface area contributed by atoms with E-state index >= 15 is 0 Å². The van der Waals surface area contributed by atoms with Crippen LogP contribution < -0.4 is 11.1 Å². The Bertz CT molecular complexity index is 414. The minimum Gasteiger partial charge on any atom is -0.320 e. The van der Waals surface area contributed by atoms with E-state index < -0.39 is 6.04 Å². The molecule has 0 aromatic carbocycles. The maximum absolute atomic E-state index is 11.5. The van der Waals surface area contributed by atoms with Gasteiger partial charge in [-0.1, -0.05) is 6.08 Å². The molecule has 6 heteroatoms. The van der Waals surface area contributed by atoms with Gasteiger partial charge in [0.25, 0.3) is 0 Å². The van der Waals surface area contributed by atoms with Gasteiger partial charge in [-0.05, 0) is 6.42 Å². The van der Waals surface area contributed by atoms with Crippen molar-refractivity contribution < 1.29 is 9.59 Å². The average Bonchev–Trinajstić information content (AvgIpc) is 2.66. The smallest absolute Gasteiger partial charge is 0.243 e. The molecule has 0 aliphatic carbocycles. The summed E-state index contributed by atoms with van der Waals surface area (Å²) < 4.78 is 0. The van der Waals surface area contributed by atoms with Gasteiger partial charge < -0.3 is 11.1 Å². The topological polar surface area (TPSA) is 85.1 Å². The molecule has 1 aromatic heterocycles. The first-order valence-electron chi connectivity index (χ1n) is 4.68. The van der Waals surface area contributed by atoms with Gasteiger partial charge in [0.1, 0.15) is 5.69 Å². The molecule has 0 radical (unpaired) electrons. The van der Waals surface area contributed by atoms with Crippen molar-refractivity contribution in [2.75, 3.05) is 5.32 Å². The highest BCUT2D eigenvalue weighted by Crippen LogP contribution is 2.15. The second kappa shape index (κ2) is 5.53. The van der Waals surface area contributed by atoms with E-state index in [1.54, 1.807) is 11.5 Å². The Morgan fingerprint density at radius 2 is 2.44 bits per heavy atom. The van der Waals surface area contributed by atoms with Crippen molar-refractivity contribution in [3.63, 3.8) is 0 Å². The van der Waals surface area contributed by atoms with E-state index in [0.717, 1.165) is 0 Å². The summed E-state index contributed by atoms with van der Waals surface area (Å²) in [6.45, 7) is 4.92. The van der Waals surface area contributed by atoms with Gasteiger partial charge >= 0.3 is 0 Å². The summed E-state index contributed by atoms with van der Waals surface area (Å²) in [5, 5.41) is 4.52. The first kappa shape index (κ1) is 12.5. The van der Waals surface area contributed by atoms with E-state index in [2.05, 4.69) is 16.9 Å². The highest BCUT2D eigenvalue weighted by Gasteiger charge is 2.14. The first-order valence-corrected chi connectivity index (χ1v) is 5.56. The number of hydrogen-bond donors (Lipinski definition) is 2. The number of nitrogens with one attached hydrogen (secondary N) is 1. The number of nitrogens with zero attached hydrogens (tertiary/aromatic N) is 1. The van der Waals surface area contributed by atoms with Crippen LogP contribution in [0.25, 0.3) is 0 Å². The van der Waals surface area contributed by atoms with Crippen LogP contribution in [0.3, 0.4) is 0 Å². The number of ketones is 1. The summed E-state index contributed by atoms with van der Waals surface area (Å²) >= 11 is 1.20. The molecule has 1 aromatic rings. The van der Waals surface area contributed by atoms with Gasteiger partial charge in [0.15, 0.2) is 10.9 Å².